The monoisotopic (exact) mass is 274 g/mol. The molecule has 1 N–H and O–H groups in total. The van der Waals surface area contributed by atoms with Crippen LogP contribution in [0.5, 0.6) is 0 Å². The highest BCUT2D eigenvalue weighted by Gasteiger charge is 2.32. The summed E-state index contributed by atoms with van der Waals surface area (Å²) in [5, 5.41) is 14.8. The van der Waals surface area contributed by atoms with E-state index in [0.717, 1.165) is 10.2 Å². The minimum Gasteiger partial charge on any atom is -0.384 e. The van der Waals surface area contributed by atoms with Crippen molar-refractivity contribution in [1.82, 2.24) is 9.78 Å². The van der Waals surface area contributed by atoms with Gasteiger partial charge in [-0.05, 0) is 42.6 Å². The topological polar surface area (TPSA) is 38.1 Å². The second-order valence-electron chi connectivity index (χ2n) is 4.12. The van der Waals surface area contributed by atoms with Crippen molar-refractivity contribution in [1.29, 1.82) is 0 Å². The van der Waals surface area contributed by atoms with Gasteiger partial charge in [-0.2, -0.15) is 5.10 Å². The third-order valence-corrected chi connectivity index (χ3v) is 3.43. The van der Waals surface area contributed by atoms with Gasteiger partial charge in [0.05, 0.1) is 16.4 Å². The Morgan fingerprint density at radius 2 is 2.00 bits per heavy atom. The highest BCUT2D eigenvalue weighted by molar-refractivity contribution is 9.10. The molecule has 1 aromatic rings. The summed E-state index contributed by atoms with van der Waals surface area (Å²) < 4.78 is 2.78. The van der Waals surface area contributed by atoms with Gasteiger partial charge in [0.25, 0.3) is 0 Å². The van der Waals surface area contributed by atoms with E-state index in [0.29, 0.717) is 12.8 Å². The second-order valence-corrected chi connectivity index (χ2v) is 4.97. The Hall–Kier alpha value is -0.350. The minimum atomic E-state index is -0.778. The Bertz CT molecular complexity index is 329. The van der Waals surface area contributed by atoms with Gasteiger partial charge in [0.2, 0.25) is 0 Å². The normalized spacial score (nSPS) is 12.5. The maximum atomic E-state index is 10.5. The van der Waals surface area contributed by atoms with Crippen LogP contribution >= 0.6 is 15.9 Å². The molecule has 1 aromatic heterocycles. The van der Waals surface area contributed by atoms with E-state index in [-0.39, 0.29) is 6.04 Å². The third kappa shape index (κ3) is 2.26. The lowest BCUT2D eigenvalue weighted by molar-refractivity contribution is 0.0175. The minimum absolute atomic E-state index is 0.260. The van der Waals surface area contributed by atoms with E-state index in [4.69, 9.17) is 0 Å². The molecule has 0 radical (unpaired) electrons. The summed E-state index contributed by atoms with van der Waals surface area (Å²) in [4.78, 5) is 0. The van der Waals surface area contributed by atoms with E-state index in [1.807, 2.05) is 18.5 Å². The van der Waals surface area contributed by atoms with Crippen molar-refractivity contribution in [3.05, 3.63) is 16.4 Å². The predicted octanol–water partition coefficient (Wildman–Crippen LogP) is 3.23. The van der Waals surface area contributed by atoms with Gasteiger partial charge in [0.15, 0.2) is 0 Å². The molecule has 0 aliphatic carbocycles. The summed E-state index contributed by atoms with van der Waals surface area (Å²) in [6.07, 6.45) is 3.15. The van der Waals surface area contributed by atoms with Crippen LogP contribution in [0.4, 0.5) is 0 Å². The largest absolute Gasteiger partial charge is 0.384 e. The fourth-order valence-corrected chi connectivity index (χ4v) is 2.40. The Morgan fingerprint density at radius 3 is 2.40 bits per heavy atom. The van der Waals surface area contributed by atoms with Crippen molar-refractivity contribution >= 4 is 15.9 Å². The van der Waals surface area contributed by atoms with Crippen LogP contribution < -0.4 is 0 Å². The van der Waals surface area contributed by atoms with Crippen molar-refractivity contribution in [3.63, 3.8) is 0 Å². The molecule has 0 bridgehead atoms. The summed E-state index contributed by atoms with van der Waals surface area (Å²) in [6.45, 7) is 8.12. The average molecular weight is 275 g/mol. The Balaban J connectivity index is 3.27. The molecule has 0 atom stereocenters. The molecule has 0 amide bonds. The van der Waals surface area contributed by atoms with Gasteiger partial charge in [-0.1, -0.05) is 13.8 Å². The van der Waals surface area contributed by atoms with E-state index in [1.54, 1.807) is 6.20 Å². The maximum Gasteiger partial charge on any atom is 0.107 e. The molecule has 0 aromatic carbocycles. The zero-order chi connectivity index (χ0) is 11.6. The van der Waals surface area contributed by atoms with Crippen molar-refractivity contribution in [2.24, 2.45) is 0 Å². The van der Waals surface area contributed by atoms with Crippen LogP contribution in [-0.2, 0) is 5.60 Å². The van der Waals surface area contributed by atoms with Crippen molar-refractivity contribution < 1.29 is 5.11 Å². The number of aliphatic hydroxyl groups is 1. The molecule has 15 heavy (non-hydrogen) atoms. The number of nitrogens with zero attached hydrogens (tertiary/aromatic N) is 2. The molecule has 0 unspecified atom stereocenters. The molecule has 0 aliphatic rings. The van der Waals surface area contributed by atoms with Crippen LogP contribution in [0.2, 0.25) is 0 Å². The molecule has 0 spiro atoms. The molecular formula is C11H19BrN2O. The van der Waals surface area contributed by atoms with Crippen LogP contribution in [-0.4, -0.2) is 14.9 Å². The standard InChI is InChI=1S/C11H19BrN2O/c1-5-11(15,6-2)10-9(12)7-13-14(10)8(3)4/h7-8,15H,5-6H2,1-4H3. The summed E-state index contributed by atoms with van der Waals surface area (Å²) >= 11 is 3.46. The highest BCUT2D eigenvalue weighted by atomic mass is 79.9. The lowest BCUT2D eigenvalue weighted by Crippen LogP contribution is -2.28. The quantitative estimate of drug-likeness (QED) is 0.916. The van der Waals surface area contributed by atoms with E-state index in [9.17, 15) is 5.11 Å². The predicted molar refractivity (Wildman–Crippen MR) is 64.8 cm³/mol. The van der Waals surface area contributed by atoms with Crippen LogP contribution in [0.3, 0.4) is 0 Å². The van der Waals surface area contributed by atoms with Gasteiger partial charge in [-0.15, -0.1) is 0 Å². The summed E-state index contributed by atoms with van der Waals surface area (Å²) in [5.74, 6) is 0. The highest BCUT2D eigenvalue weighted by Crippen LogP contribution is 2.35. The van der Waals surface area contributed by atoms with E-state index in [2.05, 4.69) is 34.9 Å². The van der Waals surface area contributed by atoms with Crippen LogP contribution in [0, 0.1) is 0 Å². The third-order valence-electron chi connectivity index (χ3n) is 2.85. The average Bonchev–Trinajstić information content (AvgIpc) is 2.60. The van der Waals surface area contributed by atoms with Gasteiger partial charge < -0.3 is 5.11 Å². The number of rotatable bonds is 4. The fraction of sp³-hybridized carbons (Fsp3) is 0.727. The zero-order valence-electron chi connectivity index (χ0n) is 9.79. The molecule has 0 aliphatic heterocycles. The summed E-state index contributed by atoms with van der Waals surface area (Å²) in [5.41, 5.74) is 0.113. The van der Waals surface area contributed by atoms with Crippen molar-refractivity contribution in [3.8, 4) is 0 Å². The van der Waals surface area contributed by atoms with Crippen molar-refractivity contribution in [2.45, 2.75) is 52.2 Å². The first-order valence-corrected chi connectivity index (χ1v) is 6.21. The number of halogens is 1. The van der Waals surface area contributed by atoms with E-state index >= 15 is 0 Å². The lowest BCUT2D eigenvalue weighted by Gasteiger charge is -2.28. The number of aromatic nitrogens is 2. The molecule has 0 saturated heterocycles. The molecule has 4 heteroatoms. The van der Waals surface area contributed by atoms with Crippen LogP contribution in [0.15, 0.2) is 10.7 Å². The first-order chi connectivity index (χ1) is 6.96. The Kier molecular flexibility index (Phi) is 3.95. The maximum absolute atomic E-state index is 10.5. The molecule has 86 valence electrons. The number of hydrogen-bond donors (Lipinski definition) is 1. The lowest BCUT2D eigenvalue weighted by atomic mass is 9.93. The molecule has 0 fully saturated rings. The SMILES string of the molecule is CCC(O)(CC)c1c(Br)cnn1C(C)C. The van der Waals surface area contributed by atoms with Gasteiger partial charge in [0, 0.05) is 6.04 Å². The first kappa shape index (κ1) is 12.7. The van der Waals surface area contributed by atoms with Crippen LogP contribution in [0.25, 0.3) is 0 Å². The molecule has 0 saturated carbocycles. The summed E-state index contributed by atoms with van der Waals surface area (Å²) in [6, 6.07) is 0.260. The van der Waals surface area contributed by atoms with Gasteiger partial charge in [-0.3, -0.25) is 4.68 Å². The first-order valence-electron chi connectivity index (χ1n) is 5.42. The molecule has 3 nitrogen and oxygen atoms in total. The Labute approximate surface area is 99.6 Å². The second kappa shape index (κ2) is 4.66. The Morgan fingerprint density at radius 1 is 1.47 bits per heavy atom. The van der Waals surface area contributed by atoms with Crippen LogP contribution in [0.1, 0.15) is 52.3 Å². The molecule has 1 rings (SSSR count). The van der Waals surface area contributed by atoms with E-state index < -0.39 is 5.60 Å². The van der Waals surface area contributed by atoms with Gasteiger partial charge in [0.1, 0.15) is 5.60 Å². The van der Waals surface area contributed by atoms with Gasteiger partial charge in [-0.25, -0.2) is 0 Å². The smallest absolute Gasteiger partial charge is 0.107 e. The van der Waals surface area contributed by atoms with Crippen molar-refractivity contribution in [2.75, 3.05) is 0 Å². The fourth-order valence-electron chi connectivity index (χ4n) is 1.75. The molecule has 1 heterocycles. The summed E-state index contributed by atoms with van der Waals surface area (Å²) in [7, 11) is 0. The van der Waals surface area contributed by atoms with Gasteiger partial charge >= 0.3 is 0 Å². The number of hydrogen-bond acceptors (Lipinski definition) is 2. The zero-order valence-corrected chi connectivity index (χ0v) is 11.4. The van der Waals surface area contributed by atoms with E-state index in [1.165, 1.54) is 0 Å². The molecular weight excluding hydrogens is 256 g/mol.